The van der Waals surface area contributed by atoms with Crippen molar-refractivity contribution in [1.82, 2.24) is 0 Å². The van der Waals surface area contributed by atoms with E-state index < -0.39 is 16.1 Å². The lowest BCUT2D eigenvalue weighted by atomic mass is 10.0. The highest BCUT2D eigenvalue weighted by molar-refractivity contribution is 7.92. The Balaban J connectivity index is 1.97. The fourth-order valence-corrected chi connectivity index (χ4v) is 2.88. The number of nitrogens with one attached hydrogen (secondary N) is 1. The van der Waals surface area contributed by atoms with Gasteiger partial charge in [-0.2, -0.15) is 0 Å². The summed E-state index contributed by atoms with van der Waals surface area (Å²) in [7, 11) is -1.84. The number of amides is 1. The molecular weight excluding hydrogens is 364 g/mol. The molecule has 1 N–H and O–H groups in total. The first-order valence-electron chi connectivity index (χ1n) is 8.69. The Morgan fingerprint density at radius 3 is 2.04 bits per heavy atom. The largest absolute Gasteiger partial charge is 0.481 e. The minimum atomic E-state index is -3.32. The highest BCUT2D eigenvalue weighted by Crippen LogP contribution is 2.22. The highest BCUT2D eigenvalue weighted by atomic mass is 32.2. The number of ether oxygens (including phenoxy) is 1. The molecule has 0 bridgehead atoms. The first-order valence-corrected chi connectivity index (χ1v) is 10.5. The van der Waals surface area contributed by atoms with Crippen LogP contribution in [0.15, 0.2) is 48.5 Å². The molecule has 0 spiro atoms. The predicted molar refractivity (Wildman–Crippen MR) is 109 cm³/mol. The molecule has 2 rings (SSSR count). The second-order valence-electron chi connectivity index (χ2n) is 6.75. The molecule has 0 aliphatic carbocycles. The molecule has 6 nitrogen and oxygen atoms in total. The maximum absolute atomic E-state index is 12.3. The van der Waals surface area contributed by atoms with Gasteiger partial charge in [0.05, 0.1) is 11.9 Å². The highest BCUT2D eigenvalue weighted by Gasteiger charge is 2.16. The number of benzene rings is 2. The Labute approximate surface area is 161 Å². The van der Waals surface area contributed by atoms with Crippen molar-refractivity contribution in [1.29, 1.82) is 0 Å². The summed E-state index contributed by atoms with van der Waals surface area (Å²) < 4.78 is 29.9. The fraction of sp³-hybridized carbons (Fsp3) is 0.350. The van der Waals surface area contributed by atoms with Gasteiger partial charge in [-0.25, -0.2) is 8.42 Å². The standard InChI is InChI=1S/C20H26N2O4S/c1-14(2)16-6-8-17(9-7-16)21-20(23)15(3)26-19-12-10-18(11-13-19)22(4)27(5,24)25/h6-15H,1-5H3,(H,21,23)/t15-/m0/s1. The van der Waals surface area contributed by atoms with Gasteiger partial charge in [0.25, 0.3) is 5.91 Å². The quantitative estimate of drug-likeness (QED) is 0.784. The van der Waals surface area contributed by atoms with E-state index in [0.29, 0.717) is 23.0 Å². The van der Waals surface area contributed by atoms with Crippen molar-refractivity contribution >= 4 is 27.3 Å². The molecule has 0 aliphatic heterocycles. The summed E-state index contributed by atoms with van der Waals surface area (Å²) >= 11 is 0. The number of hydrogen-bond donors (Lipinski definition) is 1. The predicted octanol–water partition coefficient (Wildman–Crippen LogP) is 3.61. The van der Waals surface area contributed by atoms with E-state index in [0.717, 1.165) is 6.26 Å². The molecule has 0 radical (unpaired) electrons. The summed E-state index contributed by atoms with van der Waals surface area (Å²) in [6.07, 6.45) is 0.436. The van der Waals surface area contributed by atoms with Crippen LogP contribution in [0.25, 0.3) is 0 Å². The van der Waals surface area contributed by atoms with Crippen LogP contribution < -0.4 is 14.4 Å². The zero-order chi connectivity index (χ0) is 20.2. The van der Waals surface area contributed by atoms with Crippen molar-refractivity contribution in [3.05, 3.63) is 54.1 Å². The van der Waals surface area contributed by atoms with Gasteiger partial charge in [0.2, 0.25) is 10.0 Å². The van der Waals surface area contributed by atoms with Crippen LogP contribution in [0.1, 0.15) is 32.3 Å². The first kappa shape index (κ1) is 20.8. The summed E-state index contributed by atoms with van der Waals surface area (Å²) in [5.41, 5.74) is 2.44. The monoisotopic (exact) mass is 390 g/mol. The molecule has 0 unspecified atom stereocenters. The molecule has 7 heteroatoms. The summed E-state index contributed by atoms with van der Waals surface area (Å²) in [4.78, 5) is 12.3. The van der Waals surface area contributed by atoms with E-state index in [4.69, 9.17) is 4.74 Å². The summed E-state index contributed by atoms with van der Waals surface area (Å²) in [5, 5.41) is 2.83. The molecule has 0 saturated heterocycles. The topological polar surface area (TPSA) is 75.7 Å². The van der Waals surface area contributed by atoms with Gasteiger partial charge in [0.15, 0.2) is 6.10 Å². The van der Waals surface area contributed by atoms with Crippen LogP contribution in [0, 0.1) is 0 Å². The SMILES string of the molecule is CC(C)c1ccc(NC(=O)[C@H](C)Oc2ccc(N(C)S(C)(=O)=O)cc2)cc1. The number of anilines is 2. The van der Waals surface area contributed by atoms with Crippen LogP contribution in [-0.2, 0) is 14.8 Å². The molecule has 0 saturated carbocycles. The Morgan fingerprint density at radius 2 is 1.56 bits per heavy atom. The van der Waals surface area contributed by atoms with Crippen molar-refractivity contribution in [3.8, 4) is 5.75 Å². The first-order chi connectivity index (χ1) is 12.6. The third kappa shape index (κ3) is 5.72. The maximum Gasteiger partial charge on any atom is 0.265 e. The number of hydrogen-bond acceptors (Lipinski definition) is 4. The number of sulfonamides is 1. The van der Waals surface area contributed by atoms with Gasteiger partial charge in [-0.3, -0.25) is 9.10 Å². The van der Waals surface area contributed by atoms with Gasteiger partial charge in [0.1, 0.15) is 5.75 Å². The molecule has 2 aromatic carbocycles. The number of nitrogens with zero attached hydrogens (tertiary/aromatic N) is 1. The van der Waals surface area contributed by atoms with Crippen molar-refractivity contribution in [2.45, 2.75) is 32.8 Å². The fourth-order valence-electron chi connectivity index (χ4n) is 2.38. The molecule has 2 aromatic rings. The normalized spacial score (nSPS) is 12.5. The summed E-state index contributed by atoms with van der Waals surface area (Å²) in [5.74, 6) is 0.657. The molecule has 146 valence electrons. The Kier molecular flexibility index (Phi) is 6.49. The van der Waals surface area contributed by atoms with Crippen LogP contribution in [0.4, 0.5) is 11.4 Å². The molecule has 0 aromatic heterocycles. The van der Waals surface area contributed by atoms with Gasteiger partial charge in [-0.05, 0) is 54.8 Å². The van der Waals surface area contributed by atoms with E-state index in [1.807, 2.05) is 24.3 Å². The van der Waals surface area contributed by atoms with E-state index >= 15 is 0 Å². The molecule has 0 aliphatic rings. The van der Waals surface area contributed by atoms with Crippen molar-refractivity contribution in [3.63, 3.8) is 0 Å². The van der Waals surface area contributed by atoms with Gasteiger partial charge in [-0.1, -0.05) is 26.0 Å². The van der Waals surface area contributed by atoms with Gasteiger partial charge >= 0.3 is 0 Å². The maximum atomic E-state index is 12.3. The molecular formula is C20H26N2O4S. The van der Waals surface area contributed by atoms with Crippen molar-refractivity contribution in [2.75, 3.05) is 22.9 Å². The molecule has 0 heterocycles. The zero-order valence-corrected chi connectivity index (χ0v) is 17.1. The zero-order valence-electron chi connectivity index (χ0n) is 16.3. The lowest BCUT2D eigenvalue weighted by molar-refractivity contribution is -0.122. The molecule has 1 atom stereocenters. The van der Waals surface area contributed by atoms with Gasteiger partial charge in [-0.15, -0.1) is 0 Å². The second kappa shape index (κ2) is 8.43. The van der Waals surface area contributed by atoms with Crippen molar-refractivity contribution < 1.29 is 17.9 Å². The molecule has 27 heavy (non-hydrogen) atoms. The number of rotatable bonds is 7. The van der Waals surface area contributed by atoms with Gasteiger partial charge < -0.3 is 10.1 Å². The van der Waals surface area contributed by atoms with Crippen LogP contribution in [0.5, 0.6) is 5.75 Å². The van der Waals surface area contributed by atoms with Crippen LogP contribution >= 0.6 is 0 Å². The Hall–Kier alpha value is -2.54. The number of carbonyl (C=O) groups excluding carboxylic acids is 1. The van der Waals surface area contributed by atoms with Gasteiger partial charge in [0, 0.05) is 12.7 Å². The Bertz CT molecular complexity index is 875. The van der Waals surface area contributed by atoms with E-state index in [1.165, 1.54) is 16.9 Å². The third-order valence-electron chi connectivity index (χ3n) is 4.22. The average molecular weight is 391 g/mol. The van der Waals surface area contributed by atoms with Crippen LogP contribution in [-0.4, -0.2) is 33.7 Å². The molecule has 0 fully saturated rings. The van der Waals surface area contributed by atoms with E-state index in [-0.39, 0.29) is 5.91 Å². The van der Waals surface area contributed by atoms with Crippen LogP contribution in [0.3, 0.4) is 0 Å². The molecule has 1 amide bonds. The van der Waals surface area contributed by atoms with E-state index in [9.17, 15) is 13.2 Å². The summed E-state index contributed by atoms with van der Waals surface area (Å²) in [6.45, 7) is 5.89. The third-order valence-corrected chi connectivity index (χ3v) is 5.43. The van der Waals surface area contributed by atoms with Crippen molar-refractivity contribution in [2.24, 2.45) is 0 Å². The Morgan fingerprint density at radius 1 is 1.00 bits per heavy atom. The lowest BCUT2D eigenvalue weighted by Crippen LogP contribution is -2.30. The smallest absolute Gasteiger partial charge is 0.265 e. The summed E-state index contributed by atoms with van der Waals surface area (Å²) in [6, 6.07) is 14.3. The minimum Gasteiger partial charge on any atom is -0.481 e. The second-order valence-corrected chi connectivity index (χ2v) is 8.76. The van der Waals surface area contributed by atoms with Crippen LogP contribution in [0.2, 0.25) is 0 Å². The van der Waals surface area contributed by atoms with E-state index in [1.54, 1.807) is 31.2 Å². The minimum absolute atomic E-state index is 0.260. The number of carbonyl (C=O) groups is 1. The lowest BCUT2D eigenvalue weighted by Gasteiger charge is -2.18. The average Bonchev–Trinajstić information content (AvgIpc) is 2.61. The van der Waals surface area contributed by atoms with E-state index in [2.05, 4.69) is 19.2 Å².